The highest BCUT2D eigenvalue weighted by molar-refractivity contribution is 7.80. The monoisotopic (exact) mass is 459 g/mol. The Hall–Kier alpha value is -2.92. The number of aliphatic hydroxyl groups is 1. The minimum absolute atomic E-state index is 0.0953. The summed E-state index contributed by atoms with van der Waals surface area (Å²) in [6, 6.07) is 18.4. The highest BCUT2D eigenvalue weighted by Crippen LogP contribution is 2.42. The maximum absolute atomic E-state index is 10.7. The maximum Gasteiger partial charge on any atom is 0.173 e. The van der Waals surface area contributed by atoms with Crippen molar-refractivity contribution in [1.29, 1.82) is 5.26 Å². The zero-order chi connectivity index (χ0) is 23.1. The van der Waals surface area contributed by atoms with E-state index in [1.165, 1.54) is 22.2 Å². The van der Waals surface area contributed by atoms with Crippen LogP contribution in [0.4, 0.5) is 5.69 Å². The van der Waals surface area contributed by atoms with E-state index in [1.54, 1.807) is 12.1 Å². The molecule has 1 aromatic heterocycles. The van der Waals surface area contributed by atoms with Crippen LogP contribution in [0.2, 0.25) is 0 Å². The van der Waals surface area contributed by atoms with Gasteiger partial charge in [0.1, 0.15) is 0 Å². The van der Waals surface area contributed by atoms with Gasteiger partial charge in [-0.2, -0.15) is 5.26 Å². The van der Waals surface area contributed by atoms with Crippen molar-refractivity contribution in [3.63, 3.8) is 0 Å². The zero-order valence-corrected chi connectivity index (χ0v) is 19.8. The molecule has 7 heteroatoms. The van der Waals surface area contributed by atoms with Gasteiger partial charge in [0.15, 0.2) is 5.11 Å². The van der Waals surface area contributed by atoms with Gasteiger partial charge in [-0.1, -0.05) is 18.2 Å². The van der Waals surface area contributed by atoms with Crippen molar-refractivity contribution in [3.8, 4) is 6.07 Å². The van der Waals surface area contributed by atoms with Crippen molar-refractivity contribution in [1.82, 2.24) is 14.8 Å². The number of hydrogen-bond acceptors (Lipinski definition) is 4. The van der Waals surface area contributed by atoms with E-state index >= 15 is 0 Å². The van der Waals surface area contributed by atoms with Crippen LogP contribution in [0.5, 0.6) is 0 Å². The summed E-state index contributed by atoms with van der Waals surface area (Å²) in [6.45, 7) is 3.74. The van der Waals surface area contributed by atoms with E-state index in [4.69, 9.17) is 17.5 Å². The lowest BCUT2D eigenvalue weighted by Crippen LogP contribution is -2.57. The molecule has 0 bridgehead atoms. The van der Waals surface area contributed by atoms with Crippen LogP contribution < -0.4 is 5.32 Å². The molecular formula is C26H29N5OS. The van der Waals surface area contributed by atoms with Crippen molar-refractivity contribution in [2.24, 2.45) is 5.92 Å². The molecule has 2 aromatic carbocycles. The first-order valence-electron chi connectivity index (χ1n) is 11.5. The third-order valence-electron chi connectivity index (χ3n) is 7.38. The summed E-state index contributed by atoms with van der Waals surface area (Å²) in [6.07, 6.45) is 1.49. The van der Waals surface area contributed by atoms with Crippen LogP contribution in [0.3, 0.4) is 0 Å². The van der Waals surface area contributed by atoms with Gasteiger partial charge in [0.25, 0.3) is 0 Å². The molecule has 170 valence electrons. The Labute approximate surface area is 199 Å². The van der Waals surface area contributed by atoms with Crippen molar-refractivity contribution in [3.05, 3.63) is 65.4 Å². The number of para-hydroxylation sites is 1. The molecule has 5 rings (SSSR count). The van der Waals surface area contributed by atoms with Gasteiger partial charge < -0.3 is 20.3 Å². The molecule has 3 heterocycles. The first-order valence-corrected chi connectivity index (χ1v) is 11.9. The Bertz CT molecular complexity index is 1210. The lowest BCUT2D eigenvalue weighted by Gasteiger charge is -2.50. The van der Waals surface area contributed by atoms with Crippen LogP contribution in [0.15, 0.2) is 48.5 Å². The number of nitrogens with zero attached hydrogens (tertiary/aromatic N) is 3. The second-order valence-corrected chi connectivity index (χ2v) is 9.65. The minimum Gasteiger partial charge on any atom is -0.393 e. The molecule has 2 aliphatic rings. The Morgan fingerprint density at radius 2 is 2.03 bits per heavy atom. The van der Waals surface area contributed by atoms with Gasteiger partial charge >= 0.3 is 0 Å². The molecule has 2 aliphatic heterocycles. The van der Waals surface area contributed by atoms with Crippen LogP contribution in [0, 0.1) is 17.2 Å². The second-order valence-electron chi connectivity index (χ2n) is 9.26. The van der Waals surface area contributed by atoms with Gasteiger partial charge in [0, 0.05) is 54.4 Å². The van der Waals surface area contributed by atoms with Crippen LogP contribution in [-0.4, -0.2) is 57.3 Å². The number of rotatable bonds is 3. The van der Waals surface area contributed by atoms with E-state index in [9.17, 15) is 5.11 Å². The van der Waals surface area contributed by atoms with E-state index in [-0.39, 0.29) is 18.0 Å². The van der Waals surface area contributed by atoms with E-state index in [0.717, 1.165) is 31.6 Å². The molecule has 3 aromatic rings. The number of H-pyrrole nitrogens is 1. The Kier molecular flexibility index (Phi) is 5.83. The molecule has 3 N–H and O–H groups in total. The number of anilines is 1. The molecule has 0 aliphatic carbocycles. The van der Waals surface area contributed by atoms with Crippen molar-refractivity contribution >= 4 is 33.9 Å². The summed E-state index contributed by atoms with van der Waals surface area (Å²) in [7, 11) is 2.02. The zero-order valence-electron chi connectivity index (χ0n) is 19.0. The van der Waals surface area contributed by atoms with Crippen molar-refractivity contribution in [2.75, 3.05) is 25.5 Å². The molecule has 33 heavy (non-hydrogen) atoms. The third kappa shape index (κ3) is 3.99. The normalized spacial score (nSPS) is 23.3. The number of piperidine rings is 1. The average molecular weight is 460 g/mol. The highest BCUT2D eigenvalue weighted by atomic mass is 32.1. The standard InChI is InChI=1S/C26H29N5OS/c1-16(32)21-15-31-12-11-20-19-5-3-4-6-22(19)29-25(20)24(31)13-23(21)30(2)26(33)28-18-9-7-17(14-27)8-10-18/h3-10,16,21,23-24,29,32H,11-13,15H2,1-2H3,(H,28,33)/t16-,21-,23-,24-/m0/s1. The predicted octanol–water partition coefficient (Wildman–Crippen LogP) is 4.04. The molecule has 0 radical (unpaired) electrons. The minimum atomic E-state index is -0.430. The number of nitrogens with one attached hydrogen (secondary N) is 2. The summed E-state index contributed by atoms with van der Waals surface area (Å²) >= 11 is 5.76. The maximum atomic E-state index is 10.7. The molecule has 0 saturated carbocycles. The van der Waals surface area contributed by atoms with Crippen LogP contribution >= 0.6 is 12.2 Å². The van der Waals surface area contributed by atoms with E-state index in [2.05, 4.69) is 50.4 Å². The largest absolute Gasteiger partial charge is 0.393 e. The summed E-state index contributed by atoms with van der Waals surface area (Å²) < 4.78 is 0. The van der Waals surface area contributed by atoms with Crippen LogP contribution in [0.1, 0.15) is 36.2 Å². The Morgan fingerprint density at radius 1 is 1.27 bits per heavy atom. The lowest BCUT2D eigenvalue weighted by molar-refractivity contribution is -0.0131. The molecule has 4 atom stereocenters. The van der Waals surface area contributed by atoms with Crippen molar-refractivity contribution in [2.45, 2.75) is 38.0 Å². The molecule has 1 fully saturated rings. The second kappa shape index (κ2) is 8.79. The first-order chi connectivity index (χ1) is 16.0. The Balaban J connectivity index is 1.40. The molecular weight excluding hydrogens is 430 g/mol. The van der Waals surface area contributed by atoms with E-state index in [1.807, 2.05) is 26.1 Å². The first kappa shape index (κ1) is 21.9. The lowest BCUT2D eigenvalue weighted by atomic mass is 9.80. The van der Waals surface area contributed by atoms with Gasteiger partial charge in [0.2, 0.25) is 0 Å². The smallest absolute Gasteiger partial charge is 0.173 e. The molecule has 0 amide bonds. The van der Waals surface area contributed by atoms with Crippen molar-refractivity contribution < 1.29 is 5.11 Å². The quantitative estimate of drug-likeness (QED) is 0.513. The number of aromatic amines is 1. The number of aliphatic hydroxyl groups excluding tert-OH is 1. The third-order valence-corrected chi connectivity index (χ3v) is 7.77. The summed E-state index contributed by atoms with van der Waals surface area (Å²) in [5, 5.41) is 25.0. The number of nitriles is 1. The fourth-order valence-electron chi connectivity index (χ4n) is 5.56. The fraction of sp³-hybridized carbons (Fsp3) is 0.385. The molecule has 0 spiro atoms. The fourth-order valence-corrected chi connectivity index (χ4v) is 5.81. The Morgan fingerprint density at radius 3 is 2.76 bits per heavy atom. The SMILES string of the molecule is C[C@H](O)[C@@H]1CN2CCc3c([nH]c4ccccc34)[C@@H]2C[C@@H]1N(C)C(=S)Nc1ccc(C#N)cc1. The van der Waals surface area contributed by atoms with Crippen LogP contribution in [-0.2, 0) is 6.42 Å². The van der Waals surface area contributed by atoms with Gasteiger partial charge in [0.05, 0.1) is 23.8 Å². The molecule has 1 saturated heterocycles. The van der Waals surface area contributed by atoms with Gasteiger partial charge in [-0.25, -0.2) is 0 Å². The summed E-state index contributed by atoms with van der Waals surface area (Å²) in [5.41, 5.74) is 5.42. The van der Waals surface area contributed by atoms with E-state index in [0.29, 0.717) is 10.7 Å². The summed E-state index contributed by atoms with van der Waals surface area (Å²) in [4.78, 5) is 8.34. The number of hydrogen-bond donors (Lipinski definition) is 3. The number of fused-ring (bicyclic) bond motifs is 5. The number of benzene rings is 2. The molecule has 0 unspecified atom stereocenters. The highest BCUT2D eigenvalue weighted by Gasteiger charge is 2.43. The average Bonchev–Trinajstić information content (AvgIpc) is 3.22. The topological polar surface area (TPSA) is 78.3 Å². The number of aromatic nitrogens is 1. The number of thiocarbonyl (C=S) groups is 1. The predicted molar refractivity (Wildman–Crippen MR) is 135 cm³/mol. The van der Waals surface area contributed by atoms with Crippen LogP contribution in [0.25, 0.3) is 10.9 Å². The van der Waals surface area contributed by atoms with Gasteiger partial charge in [-0.15, -0.1) is 0 Å². The van der Waals surface area contributed by atoms with Gasteiger partial charge in [-0.05, 0) is 67.9 Å². The van der Waals surface area contributed by atoms with Gasteiger partial charge in [-0.3, -0.25) is 4.90 Å². The summed E-state index contributed by atoms with van der Waals surface area (Å²) in [5.74, 6) is 0.0953. The molecule has 6 nitrogen and oxygen atoms in total. The van der Waals surface area contributed by atoms with E-state index < -0.39 is 6.10 Å².